The number of rotatable bonds is 4. The minimum atomic E-state index is -0.418. The number of hydrogen-bond acceptors (Lipinski definition) is 5. The molecule has 0 unspecified atom stereocenters. The molecule has 0 atom stereocenters. The van der Waals surface area contributed by atoms with E-state index in [0.717, 1.165) is 4.90 Å². The van der Waals surface area contributed by atoms with Crippen molar-refractivity contribution in [3.05, 3.63) is 48.0 Å². The number of carbonyl (C=O) groups excluding carboxylic acids is 1. The molecule has 0 aromatic heterocycles. The fourth-order valence-corrected chi connectivity index (χ4v) is 2.32. The molecule has 0 fully saturated rings. The zero-order valence-electron chi connectivity index (χ0n) is 11.3. The van der Waals surface area contributed by atoms with Crippen molar-refractivity contribution in [2.24, 2.45) is 0 Å². The number of para-hydroxylation sites is 1. The van der Waals surface area contributed by atoms with Gasteiger partial charge in [-0.05, 0) is 30.5 Å². The topological polar surface area (TPSA) is 61.5 Å². The van der Waals surface area contributed by atoms with Crippen LogP contribution in [0.1, 0.15) is 10.4 Å². The monoisotopic (exact) mass is 289 g/mol. The number of thioether (sulfide) groups is 1. The summed E-state index contributed by atoms with van der Waals surface area (Å²) in [7, 11) is 1.34. The molecule has 2 N–H and O–H groups in total. The van der Waals surface area contributed by atoms with E-state index in [1.54, 1.807) is 12.1 Å². The van der Waals surface area contributed by atoms with Crippen LogP contribution in [-0.4, -0.2) is 19.3 Å². The molecule has 0 aliphatic heterocycles. The van der Waals surface area contributed by atoms with E-state index in [1.165, 1.54) is 18.9 Å². The molecule has 0 radical (unpaired) electrons. The molecule has 0 spiro atoms. The van der Waals surface area contributed by atoms with Crippen LogP contribution in [0.25, 0.3) is 0 Å². The van der Waals surface area contributed by atoms with E-state index in [1.807, 2.05) is 36.6 Å². The first-order valence-electron chi connectivity index (χ1n) is 5.94. The van der Waals surface area contributed by atoms with Crippen LogP contribution in [0.3, 0.4) is 0 Å². The average Bonchev–Trinajstić information content (AvgIpc) is 2.49. The molecule has 0 saturated carbocycles. The van der Waals surface area contributed by atoms with E-state index in [2.05, 4.69) is 0 Å². The van der Waals surface area contributed by atoms with E-state index < -0.39 is 5.97 Å². The minimum Gasteiger partial charge on any atom is -0.465 e. The Morgan fingerprint density at radius 1 is 1.20 bits per heavy atom. The highest BCUT2D eigenvalue weighted by Gasteiger charge is 2.15. The SMILES string of the molecule is COC(=O)c1cc(N)c(Oc2ccccc2)c(SC)c1. The maximum absolute atomic E-state index is 11.6. The molecule has 0 aliphatic rings. The van der Waals surface area contributed by atoms with Gasteiger partial charge >= 0.3 is 5.97 Å². The van der Waals surface area contributed by atoms with Gasteiger partial charge in [0.15, 0.2) is 5.75 Å². The second-order valence-electron chi connectivity index (χ2n) is 4.00. The Morgan fingerprint density at radius 3 is 2.50 bits per heavy atom. The van der Waals surface area contributed by atoms with Crippen molar-refractivity contribution in [1.29, 1.82) is 0 Å². The molecule has 0 heterocycles. The largest absolute Gasteiger partial charge is 0.465 e. The first-order valence-corrected chi connectivity index (χ1v) is 7.17. The molecule has 0 amide bonds. The number of esters is 1. The summed E-state index contributed by atoms with van der Waals surface area (Å²) < 4.78 is 10.5. The molecule has 20 heavy (non-hydrogen) atoms. The summed E-state index contributed by atoms with van der Waals surface area (Å²) in [5.74, 6) is 0.829. The average molecular weight is 289 g/mol. The van der Waals surface area contributed by atoms with Crippen molar-refractivity contribution in [2.45, 2.75) is 4.90 Å². The van der Waals surface area contributed by atoms with Crippen LogP contribution in [0.4, 0.5) is 5.69 Å². The van der Waals surface area contributed by atoms with E-state index in [-0.39, 0.29) is 0 Å². The Hall–Kier alpha value is -2.14. The van der Waals surface area contributed by atoms with Gasteiger partial charge in [-0.1, -0.05) is 18.2 Å². The Kier molecular flexibility index (Phi) is 4.53. The quantitative estimate of drug-likeness (QED) is 0.529. The van der Waals surface area contributed by atoms with Gasteiger partial charge in [0.05, 0.1) is 23.3 Å². The highest BCUT2D eigenvalue weighted by Crippen LogP contribution is 2.37. The summed E-state index contributed by atoms with van der Waals surface area (Å²) in [4.78, 5) is 12.4. The Balaban J connectivity index is 2.40. The van der Waals surface area contributed by atoms with Gasteiger partial charge in [-0.3, -0.25) is 0 Å². The number of hydrogen-bond donors (Lipinski definition) is 1. The van der Waals surface area contributed by atoms with Crippen molar-refractivity contribution < 1.29 is 14.3 Å². The van der Waals surface area contributed by atoms with Gasteiger partial charge in [0.25, 0.3) is 0 Å². The molecule has 0 aliphatic carbocycles. The molecule has 2 aromatic rings. The number of ether oxygens (including phenoxy) is 2. The molecule has 2 rings (SSSR count). The second kappa shape index (κ2) is 6.34. The number of nitrogens with two attached hydrogens (primary N) is 1. The van der Waals surface area contributed by atoms with Crippen LogP contribution in [0.5, 0.6) is 11.5 Å². The van der Waals surface area contributed by atoms with Gasteiger partial charge in [-0.15, -0.1) is 11.8 Å². The van der Waals surface area contributed by atoms with Crippen molar-refractivity contribution in [1.82, 2.24) is 0 Å². The fourth-order valence-electron chi connectivity index (χ4n) is 1.73. The zero-order chi connectivity index (χ0) is 14.5. The summed E-state index contributed by atoms with van der Waals surface area (Å²) in [6.45, 7) is 0. The van der Waals surface area contributed by atoms with Crippen LogP contribution < -0.4 is 10.5 Å². The predicted octanol–water partition coefficient (Wildman–Crippen LogP) is 3.57. The van der Waals surface area contributed by atoms with Gasteiger partial charge in [0.1, 0.15) is 5.75 Å². The number of anilines is 1. The van der Waals surface area contributed by atoms with Crippen LogP contribution in [0.2, 0.25) is 0 Å². The maximum atomic E-state index is 11.6. The highest BCUT2D eigenvalue weighted by atomic mass is 32.2. The van der Waals surface area contributed by atoms with E-state index in [9.17, 15) is 4.79 Å². The second-order valence-corrected chi connectivity index (χ2v) is 4.85. The first kappa shape index (κ1) is 14.3. The molecule has 0 bridgehead atoms. The fraction of sp³-hybridized carbons (Fsp3) is 0.133. The first-order chi connectivity index (χ1) is 9.65. The minimum absolute atomic E-state index is 0.404. The number of methoxy groups -OCH3 is 1. The summed E-state index contributed by atoms with van der Waals surface area (Å²) in [5.41, 5.74) is 6.81. The van der Waals surface area contributed by atoms with Gasteiger partial charge < -0.3 is 15.2 Å². The molecule has 4 nitrogen and oxygen atoms in total. The van der Waals surface area contributed by atoms with Crippen LogP contribution >= 0.6 is 11.8 Å². The van der Waals surface area contributed by atoms with Crippen molar-refractivity contribution in [2.75, 3.05) is 19.1 Å². The van der Waals surface area contributed by atoms with Gasteiger partial charge in [-0.25, -0.2) is 4.79 Å². The molecule has 5 heteroatoms. The smallest absolute Gasteiger partial charge is 0.337 e. The van der Waals surface area contributed by atoms with E-state index in [0.29, 0.717) is 22.7 Å². The molecule has 0 saturated heterocycles. The van der Waals surface area contributed by atoms with Crippen LogP contribution in [0.15, 0.2) is 47.4 Å². The van der Waals surface area contributed by atoms with Gasteiger partial charge in [0.2, 0.25) is 0 Å². The maximum Gasteiger partial charge on any atom is 0.337 e. The Bertz CT molecular complexity index is 614. The van der Waals surface area contributed by atoms with Gasteiger partial charge in [0, 0.05) is 0 Å². The van der Waals surface area contributed by atoms with Crippen LogP contribution in [0, 0.1) is 0 Å². The highest BCUT2D eigenvalue weighted by molar-refractivity contribution is 7.98. The third-order valence-corrected chi connectivity index (χ3v) is 3.43. The van der Waals surface area contributed by atoms with Crippen molar-refractivity contribution in [3.63, 3.8) is 0 Å². The predicted molar refractivity (Wildman–Crippen MR) is 80.5 cm³/mol. The standard InChI is InChI=1S/C15H15NO3S/c1-18-15(17)10-8-12(16)14(13(9-10)20-2)19-11-6-4-3-5-7-11/h3-9H,16H2,1-2H3. The lowest BCUT2D eigenvalue weighted by Crippen LogP contribution is -2.04. The lowest BCUT2D eigenvalue weighted by molar-refractivity contribution is 0.0600. The normalized spacial score (nSPS) is 10.1. The molecule has 104 valence electrons. The van der Waals surface area contributed by atoms with E-state index >= 15 is 0 Å². The number of nitrogen functional groups attached to an aromatic ring is 1. The van der Waals surface area contributed by atoms with Gasteiger partial charge in [-0.2, -0.15) is 0 Å². The lowest BCUT2D eigenvalue weighted by Gasteiger charge is -2.13. The van der Waals surface area contributed by atoms with Crippen LogP contribution in [-0.2, 0) is 4.74 Å². The molecular formula is C15H15NO3S. The molecular weight excluding hydrogens is 274 g/mol. The summed E-state index contributed by atoms with van der Waals surface area (Å²) >= 11 is 1.46. The number of carbonyl (C=O) groups is 1. The Labute approximate surface area is 121 Å². The summed E-state index contributed by atoms with van der Waals surface area (Å²) in [6, 6.07) is 12.6. The third-order valence-electron chi connectivity index (χ3n) is 2.69. The zero-order valence-corrected chi connectivity index (χ0v) is 12.1. The number of benzene rings is 2. The summed E-state index contributed by atoms with van der Waals surface area (Å²) in [6.07, 6.45) is 1.90. The van der Waals surface area contributed by atoms with E-state index in [4.69, 9.17) is 15.2 Å². The van der Waals surface area contributed by atoms with Crippen molar-refractivity contribution in [3.8, 4) is 11.5 Å². The molecule has 2 aromatic carbocycles. The third kappa shape index (κ3) is 3.05. The van der Waals surface area contributed by atoms with Crippen molar-refractivity contribution >= 4 is 23.4 Å². The Morgan fingerprint density at radius 2 is 1.90 bits per heavy atom. The lowest BCUT2D eigenvalue weighted by atomic mass is 10.2. The summed E-state index contributed by atoms with van der Waals surface area (Å²) in [5, 5.41) is 0.